The Morgan fingerprint density at radius 2 is 1.74 bits per heavy atom. The number of hydrogen-bond acceptors (Lipinski definition) is 4. The second-order valence-corrected chi connectivity index (χ2v) is 5.57. The summed E-state index contributed by atoms with van der Waals surface area (Å²) in [5, 5.41) is 19.4. The summed E-state index contributed by atoms with van der Waals surface area (Å²) < 4.78 is 5.68. The highest BCUT2D eigenvalue weighted by molar-refractivity contribution is 5.63. The summed E-state index contributed by atoms with van der Waals surface area (Å²) in [6.07, 6.45) is 2.57. The Morgan fingerprint density at radius 1 is 1.04 bits per heavy atom. The van der Waals surface area contributed by atoms with Crippen molar-refractivity contribution in [2.45, 2.75) is 20.3 Å². The van der Waals surface area contributed by atoms with Crippen LogP contribution in [0.2, 0.25) is 0 Å². The van der Waals surface area contributed by atoms with Gasteiger partial charge in [0, 0.05) is 30.8 Å². The summed E-state index contributed by atoms with van der Waals surface area (Å²) in [6, 6.07) is 11.6. The van der Waals surface area contributed by atoms with Crippen LogP contribution in [0.3, 0.4) is 0 Å². The van der Waals surface area contributed by atoms with Crippen molar-refractivity contribution in [3.63, 3.8) is 0 Å². The molecule has 1 aliphatic rings. The number of fused-ring (bicyclic) bond motifs is 1. The Morgan fingerprint density at radius 3 is 2.39 bits per heavy atom. The van der Waals surface area contributed by atoms with Gasteiger partial charge in [-0.2, -0.15) is 0 Å². The number of aromatic hydroxyl groups is 2. The fourth-order valence-electron chi connectivity index (χ4n) is 2.85. The number of anilines is 1. The van der Waals surface area contributed by atoms with Gasteiger partial charge in [-0.05, 0) is 43.7 Å². The van der Waals surface area contributed by atoms with Crippen LogP contribution in [0, 0.1) is 0 Å². The van der Waals surface area contributed by atoms with Crippen molar-refractivity contribution in [2.24, 2.45) is 0 Å². The molecule has 0 atom stereocenters. The molecule has 1 aliphatic heterocycles. The lowest BCUT2D eigenvalue weighted by atomic mass is 10.1. The molecule has 0 bridgehead atoms. The van der Waals surface area contributed by atoms with E-state index in [-0.39, 0.29) is 11.5 Å². The molecule has 0 unspecified atom stereocenters. The number of hydrogen-bond donors (Lipinski definition) is 2. The van der Waals surface area contributed by atoms with Gasteiger partial charge in [0.05, 0.1) is 0 Å². The van der Waals surface area contributed by atoms with Gasteiger partial charge in [0.2, 0.25) is 5.75 Å². The number of nitrogens with zero attached hydrogens (tertiary/aromatic N) is 1. The minimum atomic E-state index is -0.192. The first-order valence-electron chi connectivity index (χ1n) is 7.89. The van der Waals surface area contributed by atoms with Crippen LogP contribution in [-0.2, 0) is 6.42 Å². The number of benzene rings is 2. The van der Waals surface area contributed by atoms with E-state index in [2.05, 4.69) is 43.0 Å². The Bertz CT molecular complexity index is 731. The predicted molar refractivity (Wildman–Crippen MR) is 92.1 cm³/mol. The summed E-state index contributed by atoms with van der Waals surface area (Å²) in [4.78, 5) is 2.29. The molecular weight excluding hydrogens is 290 g/mol. The monoisotopic (exact) mass is 311 g/mol. The largest absolute Gasteiger partial charge is 0.504 e. The lowest BCUT2D eigenvalue weighted by Crippen LogP contribution is -2.21. The van der Waals surface area contributed by atoms with Crippen molar-refractivity contribution in [1.82, 2.24) is 0 Å². The smallest absolute Gasteiger partial charge is 0.201 e. The highest BCUT2D eigenvalue weighted by atomic mass is 16.5. The number of ether oxygens (including phenoxy) is 1. The molecule has 4 heteroatoms. The molecule has 0 radical (unpaired) electrons. The standard InChI is InChI=1S/C19H21NO3/c1-3-20(4-2)15-8-5-13(6-9-15)11-16-12-14-7-10-17(21)18(22)19(14)23-16/h5-11,21-22H,3-4,12H2,1-2H3. The third-order valence-electron chi connectivity index (χ3n) is 4.14. The molecule has 2 N–H and O–H groups in total. The molecule has 0 amide bonds. The van der Waals surface area contributed by atoms with Crippen molar-refractivity contribution >= 4 is 11.8 Å². The van der Waals surface area contributed by atoms with Gasteiger partial charge in [-0.3, -0.25) is 0 Å². The average Bonchev–Trinajstić information content (AvgIpc) is 2.97. The minimum absolute atomic E-state index is 0.159. The lowest BCUT2D eigenvalue weighted by Gasteiger charge is -2.20. The van der Waals surface area contributed by atoms with E-state index in [1.165, 1.54) is 11.8 Å². The first kappa shape index (κ1) is 15.3. The fraction of sp³-hybridized carbons (Fsp3) is 0.263. The maximum Gasteiger partial charge on any atom is 0.201 e. The van der Waals surface area contributed by atoms with Crippen molar-refractivity contribution in [3.8, 4) is 17.2 Å². The molecule has 0 fully saturated rings. The third-order valence-corrected chi connectivity index (χ3v) is 4.14. The number of phenolic OH excluding ortho intramolecular Hbond substituents is 2. The van der Waals surface area contributed by atoms with E-state index >= 15 is 0 Å². The van der Waals surface area contributed by atoms with E-state index in [1.54, 1.807) is 6.07 Å². The molecular formula is C19H21NO3. The topological polar surface area (TPSA) is 52.9 Å². The van der Waals surface area contributed by atoms with Crippen LogP contribution < -0.4 is 9.64 Å². The first-order valence-corrected chi connectivity index (χ1v) is 7.89. The van der Waals surface area contributed by atoms with Gasteiger partial charge < -0.3 is 19.8 Å². The van der Waals surface area contributed by atoms with Crippen LogP contribution in [0.5, 0.6) is 17.2 Å². The van der Waals surface area contributed by atoms with Crippen LogP contribution in [0.25, 0.3) is 6.08 Å². The SMILES string of the molecule is CCN(CC)c1ccc(C=C2Cc3ccc(O)c(O)c3O2)cc1. The number of allylic oxidation sites excluding steroid dienone is 1. The normalized spacial score (nSPS) is 14.6. The Kier molecular flexibility index (Phi) is 4.15. The summed E-state index contributed by atoms with van der Waals surface area (Å²) in [6.45, 7) is 6.26. The van der Waals surface area contributed by atoms with Crippen LogP contribution >= 0.6 is 0 Å². The van der Waals surface area contributed by atoms with Gasteiger partial charge in [-0.15, -0.1) is 0 Å². The quantitative estimate of drug-likeness (QED) is 0.840. The van der Waals surface area contributed by atoms with Crippen LogP contribution in [0.4, 0.5) is 5.69 Å². The van der Waals surface area contributed by atoms with Gasteiger partial charge in [-0.25, -0.2) is 0 Å². The van der Waals surface area contributed by atoms with Crippen LogP contribution in [0.1, 0.15) is 25.0 Å². The van der Waals surface area contributed by atoms with Gasteiger partial charge in [0.25, 0.3) is 0 Å². The fourth-order valence-corrected chi connectivity index (χ4v) is 2.85. The van der Waals surface area contributed by atoms with E-state index < -0.39 is 0 Å². The predicted octanol–water partition coefficient (Wildman–Crippen LogP) is 3.92. The maximum absolute atomic E-state index is 9.85. The number of rotatable bonds is 4. The van der Waals surface area contributed by atoms with E-state index in [9.17, 15) is 10.2 Å². The molecule has 0 saturated heterocycles. The molecule has 3 rings (SSSR count). The first-order chi connectivity index (χ1) is 11.1. The van der Waals surface area contributed by atoms with Gasteiger partial charge in [0.1, 0.15) is 5.76 Å². The van der Waals surface area contributed by atoms with E-state index in [1.807, 2.05) is 6.08 Å². The lowest BCUT2D eigenvalue weighted by molar-refractivity contribution is 0.368. The average molecular weight is 311 g/mol. The zero-order valence-corrected chi connectivity index (χ0v) is 13.4. The summed E-state index contributed by atoms with van der Waals surface area (Å²) >= 11 is 0. The molecule has 0 saturated carbocycles. The molecule has 1 heterocycles. The molecule has 0 aromatic heterocycles. The zero-order valence-electron chi connectivity index (χ0n) is 13.4. The summed E-state index contributed by atoms with van der Waals surface area (Å²) in [5.41, 5.74) is 3.13. The second kappa shape index (κ2) is 6.24. The van der Waals surface area contributed by atoms with Crippen molar-refractivity contribution in [2.75, 3.05) is 18.0 Å². The number of phenols is 2. The molecule has 23 heavy (non-hydrogen) atoms. The Labute approximate surface area is 136 Å². The Hall–Kier alpha value is -2.62. The van der Waals surface area contributed by atoms with E-state index in [0.717, 1.165) is 30.0 Å². The van der Waals surface area contributed by atoms with Gasteiger partial charge in [0.15, 0.2) is 11.5 Å². The van der Waals surface area contributed by atoms with Crippen molar-refractivity contribution in [3.05, 3.63) is 53.3 Å². The third kappa shape index (κ3) is 2.97. The molecule has 4 nitrogen and oxygen atoms in total. The second-order valence-electron chi connectivity index (χ2n) is 5.57. The zero-order chi connectivity index (χ0) is 16.4. The Balaban J connectivity index is 1.80. The minimum Gasteiger partial charge on any atom is -0.504 e. The molecule has 120 valence electrons. The van der Waals surface area contributed by atoms with E-state index in [0.29, 0.717) is 12.2 Å². The molecule has 0 aliphatic carbocycles. The summed E-state index contributed by atoms with van der Waals surface area (Å²) in [7, 11) is 0. The molecule has 0 spiro atoms. The maximum atomic E-state index is 9.85. The van der Waals surface area contributed by atoms with Crippen molar-refractivity contribution in [1.29, 1.82) is 0 Å². The van der Waals surface area contributed by atoms with E-state index in [4.69, 9.17) is 4.74 Å². The van der Waals surface area contributed by atoms with Gasteiger partial charge in [-0.1, -0.05) is 18.2 Å². The summed E-state index contributed by atoms with van der Waals surface area (Å²) in [5.74, 6) is 0.767. The molecule has 2 aromatic rings. The molecule has 2 aromatic carbocycles. The highest BCUT2D eigenvalue weighted by Crippen LogP contribution is 2.44. The van der Waals surface area contributed by atoms with Gasteiger partial charge >= 0.3 is 0 Å². The van der Waals surface area contributed by atoms with Crippen molar-refractivity contribution < 1.29 is 14.9 Å². The van der Waals surface area contributed by atoms with Crippen LogP contribution in [-0.4, -0.2) is 23.3 Å². The highest BCUT2D eigenvalue weighted by Gasteiger charge is 2.22. The van der Waals surface area contributed by atoms with Crippen LogP contribution in [0.15, 0.2) is 42.2 Å².